The van der Waals surface area contributed by atoms with Crippen molar-refractivity contribution in [3.8, 4) is 0 Å². The van der Waals surface area contributed by atoms with Gasteiger partial charge >= 0.3 is 0 Å². The van der Waals surface area contributed by atoms with Gasteiger partial charge in [0.1, 0.15) is 0 Å². The first-order chi connectivity index (χ1) is 8.20. The minimum absolute atomic E-state index is 0.671. The molecule has 0 amide bonds. The largest absolute Gasteiger partial charge is 0.311 e. The smallest absolute Gasteiger partial charge is 0.0210 e. The Hall–Kier alpha value is -0.340. The Bertz CT molecular complexity index is 358. The van der Waals surface area contributed by atoms with Crippen LogP contribution < -0.4 is 5.32 Å². The molecule has 94 valence electrons. The van der Waals surface area contributed by atoms with E-state index in [9.17, 15) is 0 Å². The predicted molar refractivity (Wildman–Crippen MR) is 77.4 cm³/mol. The van der Waals surface area contributed by atoms with Crippen molar-refractivity contribution in [1.82, 2.24) is 5.32 Å². The highest BCUT2D eigenvalue weighted by Crippen LogP contribution is 2.40. The lowest BCUT2D eigenvalue weighted by atomic mass is 9.75. The quantitative estimate of drug-likeness (QED) is 0.845. The molecule has 1 aliphatic rings. The minimum Gasteiger partial charge on any atom is -0.311 e. The van der Waals surface area contributed by atoms with Crippen LogP contribution in [0.2, 0.25) is 0 Å². The third-order valence-electron chi connectivity index (χ3n) is 3.73. The predicted octanol–water partition coefficient (Wildman–Crippen LogP) is 4.47. The molecule has 1 fully saturated rings. The van der Waals surface area contributed by atoms with Gasteiger partial charge in [0.05, 0.1) is 0 Å². The molecule has 1 saturated carbocycles. The van der Waals surface area contributed by atoms with E-state index in [0.717, 1.165) is 12.0 Å². The van der Waals surface area contributed by atoms with Crippen LogP contribution >= 0.6 is 15.9 Å². The normalized spacial score (nSPS) is 25.4. The molecule has 0 bridgehead atoms. The second-order valence-corrected chi connectivity index (χ2v) is 6.10. The molecule has 0 aromatic heterocycles. The minimum atomic E-state index is 0.671. The highest BCUT2D eigenvalue weighted by Gasteiger charge is 2.31. The zero-order valence-electron chi connectivity index (χ0n) is 10.7. The van der Waals surface area contributed by atoms with E-state index in [4.69, 9.17) is 0 Å². The lowest BCUT2D eigenvalue weighted by molar-refractivity contribution is 0.264. The number of nitrogens with one attached hydrogen (secondary N) is 1. The summed E-state index contributed by atoms with van der Waals surface area (Å²) in [6.45, 7) is 4.55. The van der Waals surface area contributed by atoms with Crippen molar-refractivity contribution in [2.45, 2.75) is 57.5 Å². The van der Waals surface area contributed by atoms with Gasteiger partial charge in [-0.3, -0.25) is 0 Å². The lowest BCUT2D eigenvalue weighted by Crippen LogP contribution is -2.44. The summed E-state index contributed by atoms with van der Waals surface area (Å²) in [6, 6.07) is 10.0. The van der Waals surface area contributed by atoms with Crippen LogP contribution in [0.4, 0.5) is 0 Å². The maximum absolute atomic E-state index is 3.72. The molecule has 1 unspecified atom stereocenters. The number of benzene rings is 1. The fourth-order valence-electron chi connectivity index (χ4n) is 2.73. The van der Waals surface area contributed by atoms with Crippen LogP contribution in [0.3, 0.4) is 0 Å². The molecule has 1 aromatic carbocycles. The van der Waals surface area contributed by atoms with Crippen LogP contribution in [0.15, 0.2) is 28.7 Å². The molecular weight excluding hydrogens is 274 g/mol. The molecule has 1 atom stereocenters. The monoisotopic (exact) mass is 295 g/mol. The molecule has 0 spiro atoms. The third kappa shape index (κ3) is 3.32. The van der Waals surface area contributed by atoms with Crippen LogP contribution in [0.25, 0.3) is 0 Å². The van der Waals surface area contributed by atoms with E-state index >= 15 is 0 Å². The van der Waals surface area contributed by atoms with Gasteiger partial charge in [-0.05, 0) is 43.7 Å². The average molecular weight is 296 g/mol. The Morgan fingerprint density at radius 2 is 2.06 bits per heavy atom. The molecule has 2 heteroatoms. The molecule has 1 aliphatic carbocycles. The summed E-state index contributed by atoms with van der Waals surface area (Å²) >= 11 is 3.65. The second kappa shape index (κ2) is 6.01. The van der Waals surface area contributed by atoms with Crippen LogP contribution in [-0.4, -0.2) is 12.1 Å². The van der Waals surface area contributed by atoms with Gasteiger partial charge < -0.3 is 5.32 Å². The molecule has 17 heavy (non-hydrogen) atoms. The molecule has 1 aromatic rings. The van der Waals surface area contributed by atoms with E-state index in [0.29, 0.717) is 6.04 Å². The first kappa shape index (κ1) is 13.1. The number of halogens is 1. The van der Waals surface area contributed by atoms with E-state index in [1.807, 2.05) is 0 Å². The van der Waals surface area contributed by atoms with Gasteiger partial charge in [-0.2, -0.15) is 0 Å². The van der Waals surface area contributed by atoms with E-state index in [-0.39, 0.29) is 0 Å². The van der Waals surface area contributed by atoms with Gasteiger partial charge in [-0.1, -0.05) is 47.5 Å². The Balaban J connectivity index is 1.81. The van der Waals surface area contributed by atoms with Crippen molar-refractivity contribution in [1.29, 1.82) is 0 Å². The van der Waals surface area contributed by atoms with Gasteiger partial charge in [0.2, 0.25) is 0 Å². The van der Waals surface area contributed by atoms with Crippen LogP contribution in [0.1, 0.15) is 51.0 Å². The van der Waals surface area contributed by atoms with E-state index < -0.39 is 0 Å². The summed E-state index contributed by atoms with van der Waals surface area (Å²) in [5.74, 6) is 0.747. The Morgan fingerprint density at radius 3 is 2.71 bits per heavy atom. The standard InChI is InChI=1S/C15H22BrN/c1-3-6-11(2)17-13-9-12(10-13)14-7-4-5-8-15(14)16/h4-5,7-8,11-13,17H,3,6,9-10H2,1-2H3. The van der Waals surface area contributed by atoms with Crippen molar-refractivity contribution in [2.75, 3.05) is 0 Å². The Labute approximate surface area is 113 Å². The summed E-state index contributed by atoms with van der Waals surface area (Å²) in [4.78, 5) is 0. The molecule has 1 nitrogen and oxygen atoms in total. The van der Waals surface area contributed by atoms with E-state index in [1.165, 1.54) is 35.7 Å². The van der Waals surface area contributed by atoms with E-state index in [2.05, 4.69) is 59.4 Å². The van der Waals surface area contributed by atoms with Gasteiger partial charge in [-0.15, -0.1) is 0 Å². The number of hydrogen-bond acceptors (Lipinski definition) is 1. The number of hydrogen-bond donors (Lipinski definition) is 1. The maximum Gasteiger partial charge on any atom is 0.0210 e. The lowest BCUT2D eigenvalue weighted by Gasteiger charge is -2.38. The highest BCUT2D eigenvalue weighted by molar-refractivity contribution is 9.10. The molecule has 0 saturated heterocycles. The maximum atomic E-state index is 3.72. The van der Waals surface area contributed by atoms with Crippen LogP contribution in [0, 0.1) is 0 Å². The second-order valence-electron chi connectivity index (χ2n) is 5.24. The summed E-state index contributed by atoms with van der Waals surface area (Å²) in [7, 11) is 0. The summed E-state index contributed by atoms with van der Waals surface area (Å²) in [5.41, 5.74) is 1.48. The third-order valence-corrected chi connectivity index (χ3v) is 4.45. The summed E-state index contributed by atoms with van der Waals surface area (Å²) in [6.07, 6.45) is 5.14. The van der Waals surface area contributed by atoms with Crippen LogP contribution in [0.5, 0.6) is 0 Å². The zero-order chi connectivity index (χ0) is 12.3. The van der Waals surface area contributed by atoms with Crippen molar-refractivity contribution < 1.29 is 0 Å². The fourth-order valence-corrected chi connectivity index (χ4v) is 3.34. The summed E-state index contributed by atoms with van der Waals surface area (Å²) in [5, 5.41) is 3.72. The molecular formula is C15H22BrN. The van der Waals surface area contributed by atoms with Gasteiger partial charge in [0.15, 0.2) is 0 Å². The van der Waals surface area contributed by atoms with Crippen LogP contribution in [-0.2, 0) is 0 Å². The van der Waals surface area contributed by atoms with Gasteiger partial charge in [0, 0.05) is 16.6 Å². The van der Waals surface area contributed by atoms with Crippen molar-refractivity contribution in [3.05, 3.63) is 34.3 Å². The fraction of sp³-hybridized carbons (Fsp3) is 0.600. The average Bonchev–Trinajstić information content (AvgIpc) is 2.25. The number of rotatable bonds is 5. The molecule has 0 aliphatic heterocycles. The van der Waals surface area contributed by atoms with Crippen molar-refractivity contribution >= 4 is 15.9 Å². The van der Waals surface area contributed by atoms with E-state index in [1.54, 1.807) is 0 Å². The van der Waals surface area contributed by atoms with Crippen molar-refractivity contribution in [3.63, 3.8) is 0 Å². The van der Waals surface area contributed by atoms with Crippen molar-refractivity contribution in [2.24, 2.45) is 0 Å². The molecule has 2 rings (SSSR count). The molecule has 0 radical (unpaired) electrons. The van der Waals surface area contributed by atoms with Gasteiger partial charge in [-0.25, -0.2) is 0 Å². The Morgan fingerprint density at radius 1 is 1.35 bits per heavy atom. The first-order valence-corrected chi connectivity index (χ1v) is 7.50. The topological polar surface area (TPSA) is 12.0 Å². The zero-order valence-corrected chi connectivity index (χ0v) is 12.3. The SMILES string of the molecule is CCCC(C)NC1CC(c2ccccc2Br)C1. The van der Waals surface area contributed by atoms with Gasteiger partial charge in [0.25, 0.3) is 0 Å². The molecule has 0 heterocycles. The summed E-state index contributed by atoms with van der Waals surface area (Å²) < 4.78 is 1.27. The highest BCUT2D eigenvalue weighted by atomic mass is 79.9. The molecule has 1 N–H and O–H groups in total. The Kier molecular flexibility index (Phi) is 4.63. The first-order valence-electron chi connectivity index (χ1n) is 6.71.